The van der Waals surface area contributed by atoms with E-state index in [0.717, 1.165) is 0 Å². The molecule has 3 rings (SSSR count). The molecule has 0 bridgehead atoms. The molecule has 0 saturated heterocycles. The van der Waals surface area contributed by atoms with Gasteiger partial charge in [-0.1, -0.05) is 11.6 Å². The number of anilines is 2. The molecule has 33 heavy (non-hydrogen) atoms. The highest BCUT2D eigenvalue weighted by Gasteiger charge is 2.17. The van der Waals surface area contributed by atoms with Gasteiger partial charge in [-0.2, -0.15) is 0 Å². The molecule has 0 atom stereocenters. The summed E-state index contributed by atoms with van der Waals surface area (Å²) in [5.41, 5.74) is 0.961. The minimum Gasteiger partial charge on any atom is -0.497 e. The molecule has 3 aromatic carbocycles. The number of nitrogens with one attached hydrogen (secondary N) is 2. The molecule has 0 aromatic heterocycles. The summed E-state index contributed by atoms with van der Waals surface area (Å²) in [5.74, 6) is 1.10. The average Bonchev–Trinajstić information content (AvgIpc) is 2.80. The molecule has 0 aliphatic heterocycles. The Kier molecular flexibility index (Phi) is 8.02. The molecular weight excluding hydrogens is 468 g/mol. The molecule has 0 saturated carbocycles. The van der Waals surface area contributed by atoms with E-state index in [-0.39, 0.29) is 22.3 Å². The van der Waals surface area contributed by atoms with Gasteiger partial charge in [-0.3, -0.25) is 9.52 Å². The van der Waals surface area contributed by atoms with Crippen molar-refractivity contribution < 1.29 is 27.4 Å². The maximum atomic E-state index is 12.6. The number of carbonyl (C=O) groups is 1. The van der Waals surface area contributed by atoms with E-state index in [4.69, 9.17) is 25.8 Å². The minimum atomic E-state index is -3.87. The molecule has 0 aliphatic rings. The SMILES string of the molecule is CCOc1ccc(NC(=O)COc2ccc(S(=O)(=O)Nc3ccc(OC)cc3)cc2Cl)cc1. The minimum absolute atomic E-state index is 0.0468. The van der Waals surface area contributed by atoms with Gasteiger partial charge in [0.15, 0.2) is 6.61 Å². The quantitative estimate of drug-likeness (QED) is 0.431. The summed E-state index contributed by atoms with van der Waals surface area (Å²) in [6.07, 6.45) is 0. The van der Waals surface area contributed by atoms with Crippen molar-refractivity contribution in [3.05, 3.63) is 71.8 Å². The molecule has 0 spiro atoms. The van der Waals surface area contributed by atoms with Crippen LogP contribution in [0.5, 0.6) is 17.2 Å². The van der Waals surface area contributed by atoms with Crippen LogP contribution in [0, 0.1) is 0 Å². The first-order valence-corrected chi connectivity index (χ1v) is 11.8. The standard InChI is InChI=1S/C23H23ClN2O6S/c1-3-31-19-10-4-16(5-11-19)25-23(27)15-32-22-13-12-20(14-21(22)24)33(28,29)26-17-6-8-18(30-2)9-7-17/h4-14,26H,3,15H2,1-2H3,(H,25,27). The van der Waals surface area contributed by atoms with Gasteiger partial charge in [0.1, 0.15) is 17.2 Å². The lowest BCUT2D eigenvalue weighted by molar-refractivity contribution is -0.118. The second kappa shape index (κ2) is 10.9. The van der Waals surface area contributed by atoms with Crippen LogP contribution in [0.1, 0.15) is 6.92 Å². The molecule has 8 nitrogen and oxygen atoms in total. The van der Waals surface area contributed by atoms with E-state index in [2.05, 4.69) is 10.0 Å². The van der Waals surface area contributed by atoms with Crippen LogP contribution in [0.3, 0.4) is 0 Å². The number of hydrogen-bond donors (Lipinski definition) is 2. The molecule has 174 valence electrons. The monoisotopic (exact) mass is 490 g/mol. The number of amides is 1. The number of rotatable bonds is 10. The van der Waals surface area contributed by atoms with E-state index in [1.165, 1.54) is 25.3 Å². The lowest BCUT2D eigenvalue weighted by atomic mass is 10.3. The summed E-state index contributed by atoms with van der Waals surface area (Å²) in [6, 6.07) is 17.4. The van der Waals surface area contributed by atoms with Crippen molar-refractivity contribution in [1.82, 2.24) is 0 Å². The first kappa shape index (κ1) is 24.2. The summed E-state index contributed by atoms with van der Waals surface area (Å²) in [6.45, 7) is 2.14. The second-order valence-electron chi connectivity index (χ2n) is 6.72. The van der Waals surface area contributed by atoms with Gasteiger partial charge in [0.25, 0.3) is 15.9 Å². The first-order valence-electron chi connectivity index (χ1n) is 9.92. The predicted molar refractivity (Wildman–Crippen MR) is 127 cm³/mol. The number of carbonyl (C=O) groups excluding carboxylic acids is 1. The number of halogens is 1. The third-order valence-corrected chi connectivity index (χ3v) is 6.04. The van der Waals surface area contributed by atoms with E-state index in [0.29, 0.717) is 29.5 Å². The Labute approximate surface area is 197 Å². The van der Waals surface area contributed by atoms with Gasteiger partial charge in [0, 0.05) is 11.4 Å². The average molecular weight is 491 g/mol. The van der Waals surface area contributed by atoms with Crippen LogP contribution in [0.4, 0.5) is 11.4 Å². The maximum absolute atomic E-state index is 12.6. The fraction of sp³-hybridized carbons (Fsp3) is 0.174. The molecule has 0 aliphatic carbocycles. The zero-order chi connectivity index (χ0) is 23.8. The van der Waals surface area contributed by atoms with Gasteiger partial charge in [0.05, 0.1) is 23.6 Å². The number of methoxy groups -OCH3 is 1. The van der Waals surface area contributed by atoms with Gasteiger partial charge in [-0.05, 0) is 73.7 Å². The van der Waals surface area contributed by atoms with Gasteiger partial charge in [-0.15, -0.1) is 0 Å². The number of benzene rings is 3. The highest BCUT2D eigenvalue weighted by Crippen LogP contribution is 2.28. The van der Waals surface area contributed by atoms with Crippen LogP contribution < -0.4 is 24.2 Å². The Morgan fingerprint density at radius 1 is 0.909 bits per heavy atom. The van der Waals surface area contributed by atoms with Gasteiger partial charge >= 0.3 is 0 Å². The summed E-state index contributed by atoms with van der Waals surface area (Å²) >= 11 is 6.19. The molecule has 1 amide bonds. The van der Waals surface area contributed by atoms with Crippen molar-refractivity contribution in [2.45, 2.75) is 11.8 Å². The predicted octanol–water partition coefficient (Wildman–Crippen LogP) is 4.57. The summed E-state index contributed by atoms with van der Waals surface area (Å²) in [4.78, 5) is 12.1. The second-order valence-corrected chi connectivity index (χ2v) is 8.81. The summed E-state index contributed by atoms with van der Waals surface area (Å²) in [7, 11) is -2.35. The lowest BCUT2D eigenvalue weighted by Gasteiger charge is -2.12. The van der Waals surface area contributed by atoms with E-state index < -0.39 is 15.9 Å². The van der Waals surface area contributed by atoms with Crippen molar-refractivity contribution in [1.29, 1.82) is 0 Å². The van der Waals surface area contributed by atoms with E-state index >= 15 is 0 Å². The van der Waals surface area contributed by atoms with Crippen molar-refractivity contribution in [3.63, 3.8) is 0 Å². The van der Waals surface area contributed by atoms with Crippen LogP contribution in [-0.2, 0) is 14.8 Å². The Hall–Kier alpha value is -3.43. The number of hydrogen-bond acceptors (Lipinski definition) is 6. The number of sulfonamides is 1. The molecule has 10 heteroatoms. The maximum Gasteiger partial charge on any atom is 0.262 e. The lowest BCUT2D eigenvalue weighted by Crippen LogP contribution is -2.20. The molecule has 0 fully saturated rings. The third-order valence-electron chi connectivity index (χ3n) is 4.36. The Bertz CT molecular complexity index is 1200. The van der Waals surface area contributed by atoms with Gasteiger partial charge in [-0.25, -0.2) is 8.42 Å². The first-order chi connectivity index (χ1) is 15.8. The van der Waals surface area contributed by atoms with Crippen LogP contribution in [-0.4, -0.2) is 34.6 Å². The van der Waals surface area contributed by atoms with Crippen molar-refractivity contribution in [2.24, 2.45) is 0 Å². The zero-order valence-electron chi connectivity index (χ0n) is 18.0. The molecule has 0 heterocycles. The third kappa shape index (κ3) is 6.77. The topological polar surface area (TPSA) is 103 Å². The molecule has 0 radical (unpaired) electrons. The highest BCUT2D eigenvalue weighted by molar-refractivity contribution is 7.92. The Morgan fingerprint density at radius 3 is 2.15 bits per heavy atom. The van der Waals surface area contributed by atoms with E-state index in [1.54, 1.807) is 48.5 Å². The van der Waals surface area contributed by atoms with Gasteiger partial charge in [0.2, 0.25) is 0 Å². The van der Waals surface area contributed by atoms with E-state index in [1.807, 2.05) is 6.92 Å². The molecular formula is C23H23ClN2O6S. The van der Waals surface area contributed by atoms with Crippen molar-refractivity contribution in [3.8, 4) is 17.2 Å². The normalized spacial score (nSPS) is 10.9. The largest absolute Gasteiger partial charge is 0.497 e. The van der Waals surface area contributed by atoms with Crippen LogP contribution in [0.2, 0.25) is 5.02 Å². The molecule has 2 N–H and O–H groups in total. The molecule has 3 aromatic rings. The Balaban J connectivity index is 1.59. The van der Waals surface area contributed by atoms with Gasteiger partial charge < -0.3 is 19.5 Å². The van der Waals surface area contributed by atoms with E-state index in [9.17, 15) is 13.2 Å². The molecule has 0 unspecified atom stereocenters. The zero-order valence-corrected chi connectivity index (χ0v) is 19.6. The van der Waals surface area contributed by atoms with Crippen LogP contribution in [0.15, 0.2) is 71.6 Å². The Morgan fingerprint density at radius 2 is 1.55 bits per heavy atom. The number of ether oxygens (including phenoxy) is 3. The fourth-order valence-electron chi connectivity index (χ4n) is 2.78. The van der Waals surface area contributed by atoms with Crippen molar-refractivity contribution >= 4 is 38.9 Å². The van der Waals surface area contributed by atoms with Crippen molar-refractivity contribution in [2.75, 3.05) is 30.4 Å². The highest BCUT2D eigenvalue weighted by atomic mass is 35.5. The van der Waals surface area contributed by atoms with Crippen LogP contribution in [0.25, 0.3) is 0 Å². The smallest absolute Gasteiger partial charge is 0.262 e. The van der Waals surface area contributed by atoms with Crippen LogP contribution >= 0.6 is 11.6 Å². The summed E-state index contributed by atoms with van der Waals surface area (Å²) in [5, 5.41) is 2.75. The fourth-order valence-corrected chi connectivity index (χ4v) is 4.16. The summed E-state index contributed by atoms with van der Waals surface area (Å²) < 4.78 is 43.6.